The van der Waals surface area contributed by atoms with Crippen LogP contribution in [0.2, 0.25) is 0 Å². The Kier molecular flexibility index (Phi) is 5.64. The topological polar surface area (TPSA) is 66.4 Å². The second kappa shape index (κ2) is 6.41. The molecule has 0 spiro atoms. The molecular weight excluding hydrogens is 283 g/mol. The smallest absolute Gasteiger partial charge is 0.389 e. The van der Waals surface area contributed by atoms with Crippen LogP contribution < -0.4 is 4.72 Å². The molecule has 0 bridgehead atoms. The fraction of sp³-hybridized carbons (Fsp3) is 1.00. The van der Waals surface area contributed by atoms with E-state index in [1.165, 1.54) is 0 Å². The molecule has 0 unspecified atom stereocenters. The first-order valence-corrected chi connectivity index (χ1v) is 8.03. The summed E-state index contributed by atoms with van der Waals surface area (Å²) in [5, 5.41) is 9.35. The van der Waals surface area contributed by atoms with Gasteiger partial charge in [0.2, 0.25) is 10.0 Å². The molecule has 0 aromatic rings. The Hall–Kier alpha value is -0.340. The van der Waals surface area contributed by atoms with Gasteiger partial charge in [0, 0.05) is 6.42 Å². The standard InChI is InChI=1S/C11H20F3NO3S/c12-11(13,14)7-4-8-19(17,18)15-10(9-16)5-2-1-3-6-10/h15-16H,1-9H2. The zero-order valence-corrected chi connectivity index (χ0v) is 11.5. The van der Waals surface area contributed by atoms with Crippen LogP contribution >= 0.6 is 0 Å². The summed E-state index contributed by atoms with van der Waals surface area (Å²) in [6.07, 6.45) is -2.24. The van der Waals surface area contributed by atoms with Crippen LogP contribution in [-0.2, 0) is 10.0 Å². The van der Waals surface area contributed by atoms with Gasteiger partial charge in [-0.25, -0.2) is 13.1 Å². The first kappa shape index (κ1) is 16.7. The Balaban J connectivity index is 2.52. The first-order valence-electron chi connectivity index (χ1n) is 6.37. The Morgan fingerprint density at radius 3 is 2.21 bits per heavy atom. The minimum Gasteiger partial charge on any atom is -0.394 e. The summed E-state index contributed by atoms with van der Waals surface area (Å²) < 4.78 is 61.8. The third-order valence-corrected chi connectivity index (χ3v) is 4.93. The summed E-state index contributed by atoms with van der Waals surface area (Å²) in [6.45, 7) is -0.314. The molecule has 19 heavy (non-hydrogen) atoms. The molecule has 8 heteroatoms. The minimum atomic E-state index is -4.34. The van der Waals surface area contributed by atoms with E-state index >= 15 is 0 Å². The Labute approximate surface area is 111 Å². The number of hydrogen-bond donors (Lipinski definition) is 2. The van der Waals surface area contributed by atoms with Gasteiger partial charge in [-0.15, -0.1) is 0 Å². The number of sulfonamides is 1. The van der Waals surface area contributed by atoms with Gasteiger partial charge in [-0.1, -0.05) is 19.3 Å². The van der Waals surface area contributed by atoms with Crippen molar-refractivity contribution in [1.82, 2.24) is 4.72 Å². The molecule has 0 aromatic carbocycles. The molecule has 1 fully saturated rings. The predicted molar refractivity (Wildman–Crippen MR) is 65.1 cm³/mol. The van der Waals surface area contributed by atoms with Crippen molar-refractivity contribution in [2.24, 2.45) is 0 Å². The van der Waals surface area contributed by atoms with Gasteiger partial charge in [0.05, 0.1) is 17.9 Å². The fourth-order valence-electron chi connectivity index (χ4n) is 2.36. The van der Waals surface area contributed by atoms with E-state index in [9.17, 15) is 26.7 Å². The zero-order chi connectivity index (χ0) is 14.6. The maximum atomic E-state index is 12.0. The van der Waals surface area contributed by atoms with Crippen molar-refractivity contribution >= 4 is 10.0 Å². The van der Waals surface area contributed by atoms with Crippen LogP contribution in [0.3, 0.4) is 0 Å². The average Bonchev–Trinajstić information content (AvgIpc) is 2.27. The van der Waals surface area contributed by atoms with E-state index in [4.69, 9.17) is 0 Å². The van der Waals surface area contributed by atoms with E-state index in [2.05, 4.69) is 4.72 Å². The largest absolute Gasteiger partial charge is 0.394 e. The predicted octanol–water partition coefficient (Wildman–Crippen LogP) is 1.94. The highest BCUT2D eigenvalue weighted by molar-refractivity contribution is 7.89. The molecule has 0 aromatic heterocycles. The van der Waals surface area contributed by atoms with Crippen molar-refractivity contribution < 1.29 is 26.7 Å². The van der Waals surface area contributed by atoms with E-state index in [-0.39, 0.29) is 6.61 Å². The second-order valence-electron chi connectivity index (χ2n) is 5.14. The van der Waals surface area contributed by atoms with Gasteiger partial charge in [0.1, 0.15) is 0 Å². The van der Waals surface area contributed by atoms with Crippen LogP contribution in [-0.4, -0.2) is 37.6 Å². The molecule has 0 heterocycles. The monoisotopic (exact) mass is 303 g/mol. The molecule has 114 valence electrons. The van der Waals surface area contributed by atoms with Crippen molar-refractivity contribution in [2.75, 3.05) is 12.4 Å². The first-order chi connectivity index (χ1) is 8.68. The lowest BCUT2D eigenvalue weighted by Crippen LogP contribution is -2.53. The van der Waals surface area contributed by atoms with Gasteiger partial charge in [-0.3, -0.25) is 0 Å². The van der Waals surface area contributed by atoms with E-state index in [1.54, 1.807) is 0 Å². The van der Waals surface area contributed by atoms with Gasteiger partial charge in [0.25, 0.3) is 0 Å². The Morgan fingerprint density at radius 1 is 1.16 bits per heavy atom. The molecule has 0 amide bonds. The van der Waals surface area contributed by atoms with Gasteiger partial charge in [0.15, 0.2) is 0 Å². The van der Waals surface area contributed by atoms with E-state index in [1.807, 2.05) is 0 Å². The molecule has 1 aliphatic carbocycles. The molecule has 0 aliphatic heterocycles. The maximum Gasteiger partial charge on any atom is 0.389 e. The number of rotatable bonds is 6. The molecular formula is C11H20F3NO3S. The maximum absolute atomic E-state index is 12.0. The summed E-state index contributed by atoms with van der Waals surface area (Å²) in [6, 6.07) is 0. The summed E-state index contributed by atoms with van der Waals surface area (Å²) in [5.74, 6) is -0.561. The summed E-state index contributed by atoms with van der Waals surface area (Å²) >= 11 is 0. The molecule has 0 saturated heterocycles. The molecule has 0 radical (unpaired) electrons. The van der Waals surface area contributed by atoms with Crippen LogP contribution in [0.25, 0.3) is 0 Å². The third-order valence-electron chi connectivity index (χ3n) is 3.36. The molecule has 1 rings (SSSR count). The minimum absolute atomic E-state index is 0.314. The van der Waals surface area contributed by atoms with Crippen molar-refractivity contribution in [3.8, 4) is 0 Å². The molecule has 4 nitrogen and oxygen atoms in total. The van der Waals surface area contributed by atoms with Crippen molar-refractivity contribution in [2.45, 2.75) is 56.7 Å². The lowest BCUT2D eigenvalue weighted by molar-refractivity contribution is -0.134. The van der Waals surface area contributed by atoms with Crippen LogP contribution in [0.5, 0.6) is 0 Å². The number of aliphatic hydroxyl groups excluding tert-OH is 1. The zero-order valence-electron chi connectivity index (χ0n) is 10.7. The van der Waals surface area contributed by atoms with Crippen LogP contribution in [0.1, 0.15) is 44.9 Å². The second-order valence-corrected chi connectivity index (χ2v) is 6.98. The normalized spacial score (nSPS) is 20.4. The van der Waals surface area contributed by atoms with Gasteiger partial charge < -0.3 is 5.11 Å². The Morgan fingerprint density at radius 2 is 1.74 bits per heavy atom. The highest BCUT2D eigenvalue weighted by atomic mass is 32.2. The third kappa shape index (κ3) is 6.09. The summed E-state index contributed by atoms with van der Waals surface area (Å²) in [5.41, 5.74) is -0.880. The van der Waals surface area contributed by atoms with Crippen LogP contribution in [0, 0.1) is 0 Å². The highest BCUT2D eigenvalue weighted by Gasteiger charge is 2.35. The number of nitrogens with one attached hydrogen (secondary N) is 1. The van der Waals surface area contributed by atoms with E-state index < -0.39 is 40.3 Å². The average molecular weight is 303 g/mol. The number of aliphatic hydroxyl groups is 1. The fourth-order valence-corrected chi connectivity index (χ4v) is 3.92. The lowest BCUT2D eigenvalue weighted by Gasteiger charge is -2.36. The van der Waals surface area contributed by atoms with E-state index in [0.29, 0.717) is 12.8 Å². The quantitative estimate of drug-likeness (QED) is 0.788. The van der Waals surface area contributed by atoms with Crippen molar-refractivity contribution in [3.05, 3.63) is 0 Å². The molecule has 1 saturated carbocycles. The lowest BCUT2D eigenvalue weighted by atomic mass is 9.83. The highest BCUT2D eigenvalue weighted by Crippen LogP contribution is 2.29. The summed E-state index contributed by atoms with van der Waals surface area (Å²) in [7, 11) is -3.78. The SMILES string of the molecule is O=S(=O)(CCCC(F)(F)F)NC1(CO)CCCCC1. The van der Waals surface area contributed by atoms with Crippen LogP contribution in [0.4, 0.5) is 13.2 Å². The number of alkyl halides is 3. The summed E-state index contributed by atoms with van der Waals surface area (Å²) in [4.78, 5) is 0. The van der Waals surface area contributed by atoms with E-state index in [0.717, 1.165) is 19.3 Å². The van der Waals surface area contributed by atoms with Crippen molar-refractivity contribution in [1.29, 1.82) is 0 Å². The number of hydrogen-bond acceptors (Lipinski definition) is 3. The van der Waals surface area contributed by atoms with Gasteiger partial charge in [-0.2, -0.15) is 13.2 Å². The van der Waals surface area contributed by atoms with Crippen LogP contribution in [0.15, 0.2) is 0 Å². The van der Waals surface area contributed by atoms with Gasteiger partial charge >= 0.3 is 6.18 Å². The molecule has 2 N–H and O–H groups in total. The molecule has 1 aliphatic rings. The van der Waals surface area contributed by atoms with Gasteiger partial charge in [-0.05, 0) is 19.3 Å². The van der Waals surface area contributed by atoms with Crippen molar-refractivity contribution in [3.63, 3.8) is 0 Å². The number of halogens is 3. The molecule has 0 atom stereocenters. The Bertz CT molecular complexity index is 375.